The number of imidazole rings is 1. The van der Waals surface area contributed by atoms with Crippen molar-refractivity contribution in [2.24, 2.45) is 0 Å². The Morgan fingerprint density at radius 1 is 1.04 bits per heavy atom. The molecular weight excluding hydrogens is 324 g/mol. The molecule has 0 radical (unpaired) electrons. The summed E-state index contributed by atoms with van der Waals surface area (Å²) in [5.74, 6) is 0.141. The zero-order valence-corrected chi connectivity index (χ0v) is 15.4. The fourth-order valence-electron chi connectivity index (χ4n) is 3.50. The maximum Gasteiger partial charge on any atom is 0.253 e. The van der Waals surface area contributed by atoms with Crippen molar-refractivity contribution in [2.75, 3.05) is 26.2 Å². The van der Waals surface area contributed by atoms with Gasteiger partial charge in [0, 0.05) is 44.5 Å². The fourth-order valence-corrected chi connectivity index (χ4v) is 3.50. The highest BCUT2D eigenvalue weighted by molar-refractivity contribution is 5.94. The second kappa shape index (κ2) is 6.92. The van der Waals surface area contributed by atoms with Gasteiger partial charge in [0.15, 0.2) is 0 Å². The molecule has 0 bridgehead atoms. The third-order valence-electron chi connectivity index (χ3n) is 5.29. The quantitative estimate of drug-likeness (QED) is 0.731. The van der Waals surface area contributed by atoms with E-state index in [0.717, 1.165) is 43.9 Å². The summed E-state index contributed by atoms with van der Waals surface area (Å²) in [7, 11) is 0. The molecule has 1 aliphatic rings. The number of carbonyl (C=O) groups is 1. The van der Waals surface area contributed by atoms with Crippen LogP contribution in [0.4, 0.5) is 0 Å². The van der Waals surface area contributed by atoms with E-state index in [9.17, 15) is 4.79 Å². The largest absolute Gasteiger partial charge is 0.336 e. The molecule has 1 saturated heterocycles. The smallest absolute Gasteiger partial charge is 0.253 e. The Hall–Kier alpha value is -2.66. The molecule has 3 heterocycles. The number of pyridine rings is 1. The summed E-state index contributed by atoms with van der Waals surface area (Å²) in [5, 5.41) is 0. The highest BCUT2D eigenvalue weighted by Crippen LogP contribution is 2.15. The van der Waals surface area contributed by atoms with Gasteiger partial charge in [-0.3, -0.25) is 9.69 Å². The summed E-state index contributed by atoms with van der Waals surface area (Å²) in [6, 6.07) is 12.0. The number of carbonyl (C=O) groups excluding carboxylic acids is 1. The number of nitrogens with zero attached hydrogens (tertiary/aromatic N) is 4. The predicted molar refractivity (Wildman–Crippen MR) is 102 cm³/mol. The zero-order valence-electron chi connectivity index (χ0n) is 15.4. The van der Waals surface area contributed by atoms with Gasteiger partial charge in [-0.15, -0.1) is 0 Å². The van der Waals surface area contributed by atoms with Crippen molar-refractivity contribution in [3.05, 3.63) is 71.2 Å². The van der Waals surface area contributed by atoms with Crippen LogP contribution in [0, 0.1) is 13.8 Å². The summed E-state index contributed by atoms with van der Waals surface area (Å²) in [4.78, 5) is 21.6. The Balaban J connectivity index is 1.39. The highest BCUT2D eigenvalue weighted by Gasteiger charge is 2.23. The lowest BCUT2D eigenvalue weighted by atomic mass is 10.1. The number of hydrogen-bond acceptors (Lipinski definition) is 3. The number of fused-ring (bicyclic) bond motifs is 1. The average Bonchev–Trinajstić information content (AvgIpc) is 3.07. The van der Waals surface area contributed by atoms with Crippen molar-refractivity contribution < 1.29 is 4.79 Å². The van der Waals surface area contributed by atoms with Crippen LogP contribution in [-0.2, 0) is 6.54 Å². The van der Waals surface area contributed by atoms with E-state index in [2.05, 4.69) is 34.3 Å². The molecule has 0 aliphatic carbocycles. The van der Waals surface area contributed by atoms with Gasteiger partial charge >= 0.3 is 0 Å². The molecule has 0 unspecified atom stereocenters. The molecule has 26 heavy (non-hydrogen) atoms. The lowest BCUT2D eigenvalue weighted by Crippen LogP contribution is -2.48. The maximum atomic E-state index is 12.8. The maximum absolute atomic E-state index is 12.8. The van der Waals surface area contributed by atoms with Crippen LogP contribution in [0.3, 0.4) is 0 Å². The summed E-state index contributed by atoms with van der Waals surface area (Å²) in [6.07, 6.45) is 4.00. The molecule has 0 spiro atoms. The molecular formula is C21H24N4O. The Morgan fingerprint density at radius 3 is 2.62 bits per heavy atom. The fraction of sp³-hybridized carbons (Fsp3) is 0.333. The van der Waals surface area contributed by atoms with Gasteiger partial charge < -0.3 is 9.30 Å². The van der Waals surface area contributed by atoms with Crippen molar-refractivity contribution in [1.29, 1.82) is 0 Å². The van der Waals surface area contributed by atoms with E-state index in [-0.39, 0.29) is 5.91 Å². The van der Waals surface area contributed by atoms with Gasteiger partial charge in [0.05, 0.1) is 11.9 Å². The number of hydrogen-bond donors (Lipinski definition) is 0. The van der Waals surface area contributed by atoms with Crippen LogP contribution >= 0.6 is 0 Å². The van der Waals surface area contributed by atoms with Crippen molar-refractivity contribution in [2.45, 2.75) is 20.4 Å². The number of rotatable bonds is 3. The van der Waals surface area contributed by atoms with Crippen LogP contribution in [0.2, 0.25) is 0 Å². The van der Waals surface area contributed by atoms with Gasteiger partial charge in [-0.1, -0.05) is 12.1 Å². The van der Waals surface area contributed by atoms with Crippen LogP contribution in [0.1, 0.15) is 27.2 Å². The number of aryl methyl sites for hydroxylation is 2. The molecule has 0 atom stereocenters. The molecule has 5 heteroatoms. The Bertz CT molecular complexity index is 938. The van der Waals surface area contributed by atoms with Gasteiger partial charge in [-0.25, -0.2) is 4.98 Å². The number of benzene rings is 1. The first-order valence-electron chi connectivity index (χ1n) is 9.12. The number of piperazine rings is 1. The van der Waals surface area contributed by atoms with E-state index in [1.807, 2.05) is 47.5 Å². The predicted octanol–water partition coefficient (Wildman–Crippen LogP) is 2.91. The first-order chi connectivity index (χ1) is 12.6. The Labute approximate surface area is 153 Å². The molecule has 0 saturated carbocycles. The highest BCUT2D eigenvalue weighted by atomic mass is 16.2. The topological polar surface area (TPSA) is 40.9 Å². The van der Waals surface area contributed by atoms with E-state index in [1.165, 1.54) is 16.8 Å². The second-order valence-electron chi connectivity index (χ2n) is 7.05. The normalized spacial score (nSPS) is 15.5. The number of aromatic nitrogens is 2. The molecule has 1 aromatic carbocycles. The molecule has 1 fully saturated rings. The first-order valence-corrected chi connectivity index (χ1v) is 9.12. The van der Waals surface area contributed by atoms with Crippen LogP contribution < -0.4 is 0 Å². The van der Waals surface area contributed by atoms with Crippen molar-refractivity contribution in [1.82, 2.24) is 19.2 Å². The lowest BCUT2D eigenvalue weighted by Gasteiger charge is -2.34. The summed E-state index contributed by atoms with van der Waals surface area (Å²) in [5.41, 5.74) is 5.35. The van der Waals surface area contributed by atoms with Crippen molar-refractivity contribution >= 4 is 11.6 Å². The molecule has 2 aromatic heterocycles. The molecule has 134 valence electrons. The molecule has 1 amide bonds. The van der Waals surface area contributed by atoms with Crippen LogP contribution in [0.15, 0.2) is 48.8 Å². The van der Waals surface area contributed by atoms with Crippen LogP contribution in [0.25, 0.3) is 5.65 Å². The lowest BCUT2D eigenvalue weighted by molar-refractivity contribution is 0.0626. The standard InChI is InChI=1S/C21H24N4O/c1-16-6-7-18(13-17(16)2)21(26)24-11-9-23(10-12-24)15-19-14-22-20-5-3-4-8-25(19)20/h3-8,13-14H,9-12,15H2,1-2H3. The van der Waals surface area contributed by atoms with Gasteiger partial charge in [0.1, 0.15) is 5.65 Å². The minimum Gasteiger partial charge on any atom is -0.336 e. The summed E-state index contributed by atoms with van der Waals surface area (Å²) < 4.78 is 2.13. The minimum absolute atomic E-state index is 0.141. The zero-order chi connectivity index (χ0) is 18.1. The number of amides is 1. The Kier molecular flexibility index (Phi) is 4.47. The van der Waals surface area contributed by atoms with Crippen LogP contribution in [0.5, 0.6) is 0 Å². The third-order valence-corrected chi connectivity index (χ3v) is 5.29. The average molecular weight is 348 g/mol. The van der Waals surface area contributed by atoms with Gasteiger partial charge in [-0.05, 0) is 49.2 Å². The van der Waals surface area contributed by atoms with E-state index < -0.39 is 0 Å². The second-order valence-corrected chi connectivity index (χ2v) is 7.05. The van der Waals surface area contributed by atoms with Gasteiger partial charge in [-0.2, -0.15) is 0 Å². The SMILES string of the molecule is Cc1ccc(C(=O)N2CCN(Cc3cnc4ccccn34)CC2)cc1C. The minimum atomic E-state index is 0.141. The summed E-state index contributed by atoms with van der Waals surface area (Å²) >= 11 is 0. The molecule has 4 rings (SSSR count). The Morgan fingerprint density at radius 2 is 1.85 bits per heavy atom. The molecule has 0 N–H and O–H groups in total. The van der Waals surface area contributed by atoms with Crippen molar-refractivity contribution in [3.63, 3.8) is 0 Å². The molecule has 3 aromatic rings. The van der Waals surface area contributed by atoms with E-state index in [4.69, 9.17) is 0 Å². The van der Waals surface area contributed by atoms with E-state index in [0.29, 0.717) is 0 Å². The van der Waals surface area contributed by atoms with Gasteiger partial charge in [0.25, 0.3) is 5.91 Å². The van der Waals surface area contributed by atoms with E-state index >= 15 is 0 Å². The molecule has 1 aliphatic heterocycles. The van der Waals surface area contributed by atoms with Gasteiger partial charge in [0.2, 0.25) is 0 Å². The third kappa shape index (κ3) is 3.22. The van der Waals surface area contributed by atoms with E-state index in [1.54, 1.807) is 0 Å². The van der Waals surface area contributed by atoms with Crippen molar-refractivity contribution in [3.8, 4) is 0 Å². The first kappa shape index (κ1) is 16.8. The monoisotopic (exact) mass is 348 g/mol. The summed E-state index contributed by atoms with van der Waals surface area (Å²) in [6.45, 7) is 8.29. The van der Waals surface area contributed by atoms with Crippen LogP contribution in [-0.4, -0.2) is 51.3 Å². The molecule has 5 nitrogen and oxygen atoms in total.